The van der Waals surface area contributed by atoms with Crippen molar-refractivity contribution in [2.24, 2.45) is 5.73 Å². The zero-order valence-corrected chi connectivity index (χ0v) is 13.7. The molecule has 1 atom stereocenters. The van der Waals surface area contributed by atoms with Crippen molar-refractivity contribution in [1.29, 1.82) is 0 Å². The van der Waals surface area contributed by atoms with Crippen molar-refractivity contribution < 1.29 is 33.1 Å². The first-order chi connectivity index (χ1) is 15.1. The summed E-state index contributed by atoms with van der Waals surface area (Å²) in [6.07, 6.45) is -2.49. The van der Waals surface area contributed by atoms with Gasteiger partial charge in [0.1, 0.15) is 5.70 Å². The Morgan fingerprint density at radius 1 is 1.28 bits per heavy atom. The van der Waals surface area contributed by atoms with Gasteiger partial charge in [0.05, 0.1) is 11.0 Å². The predicted molar refractivity (Wildman–Crippen MR) is 91.4 cm³/mol. The number of Topliss-reactive ketones (excluding diaryl/α,β-unsaturated/α-hetero) is 1. The monoisotopic (exact) mass is 367 g/mol. The number of carbonyl (C=O) groups is 1. The number of ether oxygens (including phenoxy) is 1. The predicted octanol–water partition coefficient (Wildman–Crippen LogP) is 2.31. The van der Waals surface area contributed by atoms with Crippen LogP contribution in [-0.2, 0) is 29.5 Å². The minimum Gasteiger partial charge on any atom is -0.460 e. The summed E-state index contributed by atoms with van der Waals surface area (Å²) in [4.78, 5) is 12.8. The molecule has 0 radical (unpaired) electrons. The summed E-state index contributed by atoms with van der Waals surface area (Å²) in [7, 11) is -5.55. The minimum absolute atomic E-state index is 0.00526. The Hall–Kier alpha value is -2.80. The summed E-state index contributed by atoms with van der Waals surface area (Å²) >= 11 is 0. The molecule has 0 saturated heterocycles. The number of hydrogen-bond donors (Lipinski definition) is 1. The Morgan fingerprint density at radius 2 is 1.92 bits per heavy atom. The van der Waals surface area contributed by atoms with E-state index >= 15 is 0 Å². The van der Waals surface area contributed by atoms with Gasteiger partial charge in [-0.15, -0.1) is 0 Å². The Labute approximate surface area is 157 Å². The number of rotatable bonds is 5. The van der Waals surface area contributed by atoms with Crippen LogP contribution in [0.25, 0.3) is 0 Å². The first-order valence-electron chi connectivity index (χ1n) is 10.9. The van der Waals surface area contributed by atoms with Crippen LogP contribution in [-0.4, -0.2) is 14.2 Å². The third-order valence-electron chi connectivity index (χ3n) is 3.08. The van der Waals surface area contributed by atoms with Crippen molar-refractivity contribution in [2.75, 3.05) is 0 Å². The van der Waals surface area contributed by atoms with Gasteiger partial charge >= 0.3 is 10.1 Å². The molecule has 130 valence electrons. The highest BCUT2D eigenvalue weighted by molar-refractivity contribution is 7.86. The minimum atomic E-state index is -5.55. The molecule has 25 heavy (non-hydrogen) atoms. The molecule has 0 saturated carbocycles. The molecule has 3 rings (SSSR count). The van der Waals surface area contributed by atoms with Crippen molar-refractivity contribution in [3.05, 3.63) is 82.8 Å². The summed E-state index contributed by atoms with van der Waals surface area (Å²) in [6.45, 7) is 1.76. The van der Waals surface area contributed by atoms with E-state index in [1.54, 1.807) is 19.1 Å². The van der Waals surface area contributed by atoms with E-state index < -0.39 is 75.1 Å². The fraction of sp³-hybridized carbons (Fsp3) is 0.167. The molecule has 2 N–H and O–H groups in total. The third kappa shape index (κ3) is 3.83. The van der Waals surface area contributed by atoms with E-state index in [-0.39, 0.29) is 5.56 Å². The molecule has 1 aliphatic heterocycles. The van der Waals surface area contributed by atoms with Crippen LogP contribution in [0.5, 0.6) is 0 Å². The van der Waals surface area contributed by atoms with Crippen LogP contribution in [0.15, 0.2) is 66.1 Å². The standard InChI is InChI=1S/C18H17NO5S/c1-12-7-9-14(10-8-12)16-15(20)17(18(19)23-16)24-25(21,22)11-13-5-3-2-4-6-13/h2-10,16H,11,19H2,1H3/i2D,3D,4D,5D,6D,11D2,16D. The van der Waals surface area contributed by atoms with Gasteiger partial charge in [-0.1, -0.05) is 60.0 Å². The van der Waals surface area contributed by atoms with Crippen LogP contribution < -0.4 is 5.73 Å². The van der Waals surface area contributed by atoms with Crippen molar-refractivity contribution in [2.45, 2.75) is 18.7 Å². The molecular weight excluding hydrogens is 342 g/mol. The maximum Gasteiger partial charge on any atom is 0.313 e. The molecule has 2 aromatic carbocycles. The Kier molecular flexibility index (Phi) is 2.54. The average molecular weight is 367 g/mol. The lowest BCUT2D eigenvalue weighted by Crippen LogP contribution is -2.16. The molecule has 0 bridgehead atoms. The number of nitrogens with two attached hydrogens (primary N) is 1. The van der Waals surface area contributed by atoms with Crippen LogP contribution in [0.3, 0.4) is 0 Å². The molecule has 0 aromatic heterocycles. The second-order valence-electron chi connectivity index (χ2n) is 4.96. The fourth-order valence-corrected chi connectivity index (χ4v) is 2.72. The molecule has 0 spiro atoms. The summed E-state index contributed by atoms with van der Waals surface area (Å²) < 4.78 is 98.2. The largest absolute Gasteiger partial charge is 0.460 e. The van der Waals surface area contributed by atoms with E-state index in [9.17, 15) is 13.2 Å². The molecule has 1 unspecified atom stereocenters. The SMILES string of the molecule is [2H]c1c([2H])c([2H])c(C([2H])([2H])S(=O)(=O)OC2=C(N)OC([2H])(c3ccc(C)cc3)C2=O)c([2H])c1[2H]. The lowest BCUT2D eigenvalue weighted by Gasteiger charge is -2.10. The maximum atomic E-state index is 12.8. The molecular formula is C18H17NO5S. The smallest absolute Gasteiger partial charge is 0.313 e. The number of benzene rings is 2. The van der Waals surface area contributed by atoms with E-state index in [1.165, 1.54) is 12.1 Å². The zero-order valence-electron chi connectivity index (χ0n) is 20.8. The van der Waals surface area contributed by atoms with Crippen LogP contribution >= 0.6 is 0 Å². The molecule has 0 fully saturated rings. The van der Waals surface area contributed by atoms with Crippen LogP contribution in [0, 0.1) is 6.92 Å². The van der Waals surface area contributed by atoms with Crippen molar-refractivity contribution >= 4 is 15.9 Å². The van der Waals surface area contributed by atoms with Gasteiger partial charge in [0, 0.05) is 5.56 Å². The summed E-state index contributed by atoms with van der Waals surface area (Å²) in [5.74, 6) is -3.39. The summed E-state index contributed by atoms with van der Waals surface area (Å²) in [6, 6.07) is 0.921. The summed E-state index contributed by atoms with van der Waals surface area (Å²) in [5, 5.41) is 0. The molecule has 2 aromatic rings. The number of hydrogen-bond acceptors (Lipinski definition) is 6. The highest BCUT2D eigenvalue weighted by Crippen LogP contribution is 2.32. The van der Waals surface area contributed by atoms with Crippen molar-refractivity contribution in [3.8, 4) is 0 Å². The van der Waals surface area contributed by atoms with E-state index in [2.05, 4.69) is 4.18 Å². The maximum absolute atomic E-state index is 12.8. The van der Waals surface area contributed by atoms with Gasteiger partial charge in [0.25, 0.3) is 0 Å². The quantitative estimate of drug-likeness (QED) is 0.815. The lowest BCUT2D eigenvalue weighted by atomic mass is 10.0. The molecule has 7 heteroatoms. The Morgan fingerprint density at radius 3 is 2.56 bits per heavy atom. The second kappa shape index (κ2) is 6.60. The van der Waals surface area contributed by atoms with Gasteiger partial charge in [0.2, 0.25) is 17.4 Å². The van der Waals surface area contributed by atoms with Crippen LogP contribution in [0.4, 0.5) is 0 Å². The van der Waals surface area contributed by atoms with Crippen molar-refractivity contribution in [1.82, 2.24) is 0 Å². The highest BCUT2D eigenvalue weighted by atomic mass is 32.2. The average Bonchev–Trinajstić information content (AvgIpc) is 2.94. The molecule has 6 nitrogen and oxygen atoms in total. The van der Waals surface area contributed by atoms with E-state index in [0.29, 0.717) is 0 Å². The van der Waals surface area contributed by atoms with Gasteiger partial charge in [-0.05, 0) is 12.5 Å². The van der Waals surface area contributed by atoms with Gasteiger partial charge in [-0.25, -0.2) is 0 Å². The zero-order chi connectivity index (χ0) is 25.1. The first kappa shape index (κ1) is 9.62. The number of carbonyl (C=O) groups excluding carboxylic acids is 1. The normalized spacial score (nSPS) is 25.6. The van der Waals surface area contributed by atoms with Crippen LogP contribution in [0.1, 0.15) is 33.7 Å². The molecule has 0 amide bonds. The second-order valence-corrected chi connectivity index (χ2v) is 6.24. The van der Waals surface area contributed by atoms with Crippen LogP contribution in [0.2, 0.25) is 0 Å². The fourth-order valence-electron chi connectivity index (χ4n) is 1.95. The van der Waals surface area contributed by atoms with E-state index in [4.69, 9.17) is 21.4 Å². The lowest BCUT2D eigenvalue weighted by molar-refractivity contribution is -0.123. The van der Waals surface area contributed by atoms with Crippen molar-refractivity contribution in [3.63, 3.8) is 0 Å². The summed E-state index contributed by atoms with van der Waals surface area (Å²) in [5.41, 5.74) is 1.47. The van der Waals surface area contributed by atoms with E-state index in [1.807, 2.05) is 0 Å². The topological polar surface area (TPSA) is 95.7 Å². The number of aryl methyl sites for hydroxylation is 1. The molecule has 1 aliphatic rings. The molecule has 1 heterocycles. The van der Waals surface area contributed by atoms with Gasteiger partial charge in [0.15, 0.2) is 6.08 Å². The third-order valence-corrected chi connectivity index (χ3v) is 3.92. The van der Waals surface area contributed by atoms with Gasteiger partial charge < -0.3 is 14.7 Å². The number of ketones is 1. The van der Waals surface area contributed by atoms with E-state index in [0.717, 1.165) is 5.56 Å². The van der Waals surface area contributed by atoms with Gasteiger partial charge in [-0.2, -0.15) is 8.42 Å². The first-order valence-corrected chi connectivity index (χ1v) is 8.29. The molecule has 0 aliphatic carbocycles. The van der Waals surface area contributed by atoms with Gasteiger partial charge in [-0.3, -0.25) is 4.79 Å². The Bertz CT molecular complexity index is 1280. The Balaban J connectivity index is 2.04. The highest BCUT2D eigenvalue weighted by Gasteiger charge is 2.39.